The second-order valence-electron chi connectivity index (χ2n) is 5.71. The first-order chi connectivity index (χ1) is 10.2. The van der Waals surface area contributed by atoms with Crippen LogP contribution >= 0.6 is 11.6 Å². The van der Waals surface area contributed by atoms with Crippen LogP contribution in [-0.2, 0) is 13.5 Å². The third-order valence-electron chi connectivity index (χ3n) is 4.33. The first kappa shape index (κ1) is 14.5. The maximum atomic E-state index is 6.44. The van der Waals surface area contributed by atoms with E-state index < -0.39 is 0 Å². The van der Waals surface area contributed by atoms with Gasteiger partial charge in [0.05, 0.1) is 5.69 Å². The van der Waals surface area contributed by atoms with Crippen LogP contribution in [0, 0.1) is 6.92 Å². The average molecular weight is 305 g/mol. The van der Waals surface area contributed by atoms with Crippen LogP contribution in [0.2, 0.25) is 5.15 Å². The topological polar surface area (TPSA) is 34.0 Å². The van der Waals surface area contributed by atoms with Crippen molar-refractivity contribution in [3.63, 3.8) is 0 Å². The van der Waals surface area contributed by atoms with Gasteiger partial charge in [-0.15, -0.1) is 0 Å². The van der Waals surface area contributed by atoms with Crippen molar-refractivity contribution in [3.05, 3.63) is 46.5 Å². The third kappa shape index (κ3) is 2.97. The zero-order chi connectivity index (χ0) is 14.8. The van der Waals surface area contributed by atoms with E-state index in [4.69, 9.17) is 11.6 Å². The number of likely N-dealkylation sites (tertiary alicyclic amines) is 1. The Bertz CT molecular complexity index is 608. The molecule has 0 bridgehead atoms. The molecule has 1 atom stereocenters. The second kappa shape index (κ2) is 6.16. The van der Waals surface area contributed by atoms with Gasteiger partial charge >= 0.3 is 0 Å². The van der Waals surface area contributed by atoms with Gasteiger partial charge in [-0.1, -0.05) is 11.6 Å². The second-order valence-corrected chi connectivity index (χ2v) is 6.07. The molecule has 0 spiro atoms. The van der Waals surface area contributed by atoms with Crippen LogP contribution in [0.4, 0.5) is 0 Å². The van der Waals surface area contributed by atoms with Crippen LogP contribution in [0.25, 0.3) is 0 Å². The Morgan fingerprint density at radius 3 is 2.76 bits per heavy atom. The summed E-state index contributed by atoms with van der Waals surface area (Å²) in [5, 5.41) is 5.24. The molecule has 0 aliphatic carbocycles. The van der Waals surface area contributed by atoms with Gasteiger partial charge in [-0.05, 0) is 50.4 Å². The lowest BCUT2D eigenvalue weighted by Gasteiger charge is -2.24. The van der Waals surface area contributed by atoms with E-state index >= 15 is 0 Å². The summed E-state index contributed by atoms with van der Waals surface area (Å²) >= 11 is 6.44. The van der Waals surface area contributed by atoms with Crippen LogP contribution in [0.15, 0.2) is 24.5 Å². The fourth-order valence-electron chi connectivity index (χ4n) is 3.27. The molecule has 0 radical (unpaired) electrons. The highest BCUT2D eigenvalue weighted by molar-refractivity contribution is 6.30. The van der Waals surface area contributed by atoms with E-state index in [0.717, 1.165) is 30.4 Å². The van der Waals surface area contributed by atoms with Crippen molar-refractivity contribution in [3.8, 4) is 0 Å². The smallest absolute Gasteiger partial charge is 0.131 e. The molecule has 0 amide bonds. The maximum absolute atomic E-state index is 6.44. The summed E-state index contributed by atoms with van der Waals surface area (Å²) < 4.78 is 1.78. The Morgan fingerprint density at radius 2 is 2.10 bits per heavy atom. The van der Waals surface area contributed by atoms with Gasteiger partial charge in [0.25, 0.3) is 0 Å². The predicted octanol–water partition coefficient (Wildman–Crippen LogP) is 3.16. The van der Waals surface area contributed by atoms with Gasteiger partial charge in [0.15, 0.2) is 0 Å². The number of aromatic nitrogens is 3. The van der Waals surface area contributed by atoms with E-state index in [9.17, 15) is 0 Å². The van der Waals surface area contributed by atoms with Crippen LogP contribution < -0.4 is 0 Å². The minimum Gasteiger partial charge on any atom is -0.296 e. The predicted molar refractivity (Wildman–Crippen MR) is 84.4 cm³/mol. The van der Waals surface area contributed by atoms with Gasteiger partial charge in [0.2, 0.25) is 0 Å². The Kier molecular flexibility index (Phi) is 4.27. The molecule has 21 heavy (non-hydrogen) atoms. The Hall–Kier alpha value is -1.39. The molecule has 3 rings (SSSR count). The molecule has 0 aromatic carbocycles. The average Bonchev–Trinajstić information content (AvgIpc) is 3.03. The highest BCUT2D eigenvalue weighted by Crippen LogP contribution is 2.37. The van der Waals surface area contributed by atoms with Crippen LogP contribution in [0.3, 0.4) is 0 Å². The number of aryl methyl sites for hydroxylation is 2. The number of halogens is 1. The van der Waals surface area contributed by atoms with Crippen molar-refractivity contribution in [2.45, 2.75) is 32.2 Å². The largest absolute Gasteiger partial charge is 0.296 e. The number of hydrogen-bond acceptors (Lipinski definition) is 3. The fourth-order valence-corrected chi connectivity index (χ4v) is 3.57. The standard InChI is InChI=1S/C16H21ClN4/c1-12-15(16(17)20(2)19-12)14-4-3-10-21(14)11-7-13-5-8-18-9-6-13/h5-6,8-9,14H,3-4,7,10-11H2,1-2H3/t14-/m0/s1. The Balaban J connectivity index is 1.73. The number of hydrogen-bond donors (Lipinski definition) is 0. The number of nitrogens with zero attached hydrogens (tertiary/aromatic N) is 4. The highest BCUT2D eigenvalue weighted by atomic mass is 35.5. The van der Waals surface area contributed by atoms with Crippen molar-refractivity contribution in [2.75, 3.05) is 13.1 Å². The number of pyridine rings is 1. The summed E-state index contributed by atoms with van der Waals surface area (Å²) in [6.45, 7) is 4.25. The lowest BCUT2D eigenvalue weighted by Crippen LogP contribution is -2.26. The molecule has 0 unspecified atom stereocenters. The zero-order valence-electron chi connectivity index (χ0n) is 12.6. The van der Waals surface area contributed by atoms with Gasteiger partial charge < -0.3 is 0 Å². The zero-order valence-corrected chi connectivity index (χ0v) is 13.3. The van der Waals surface area contributed by atoms with E-state index in [2.05, 4.69) is 34.0 Å². The van der Waals surface area contributed by atoms with E-state index in [-0.39, 0.29) is 0 Å². The van der Waals surface area contributed by atoms with E-state index in [1.54, 1.807) is 4.68 Å². The van der Waals surface area contributed by atoms with Crippen molar-refractivity contribution >= 4 is 11.6 Å². The molecule has 5 heteroatoms. The molecule has 0 saturated carbocycles. The molecule has 1 aliphatic rings. The number of rotatable bonds is 4. The molecule has 4 nitrogen and oxygen atoms in total. The van der Waals surface area contributed by atoms with Crippen molar-refractivity contribution in [1.82, 2.24) is 19.7 Å². The summed E-state index contributed by atoms with van der Waals surface area (Å²) in [4.78, 5) is 6.61. The minimum atomic E-state index is 0.410. The summed E-state index contributed by atoms with van der Waals surface area (Å²) in [5.74, 6) is 0. The Morgan fingerprint density at radius 1 is 1.33 bits per heavy atom. The lowest BCUT2D eigenvalue weighted by molar-refractivity contribution is 0.260. The molecule has 0 N–H and O–H groups in total. The normalized spacial score (nSPS) is 19.3. The van der Waals surface area contributed by atoms with E-state index in [0.29, 0.717) is 6.04 Å². The van der Waals surface area contributed by atoms with Crippen molar-refractivity contribution in [2.24, 2.45) is 7.05 Å². The maximum Gasteiger partial charge on any atom is 0.131 e. The summed E-state index contributed by atoms with van der Waals surface area (Å²) in [6.07, 6.45) is 7.17. The molecule has 2 aromatic rings. The lowest BCUT2D eigenvalue weighted by atomic mass is 10.1. The third-order valence-corrected chi connectivity index (χ3v) is 4.78. The summed E-state index contributed by atoms with van der Waals surface area (Å²) in [5.41, 5.74) is 3.61. The molecule has 1 saturated heterocycles. The molecule has 3 heterocycles. The quantitative estimate of drug-likeness (QED) is 0.870. The van der Waals surface area contributed by atoms with Crippen LogP contribution in [-0.4, -0.2) is 32.8 Å². The van der Waals surface area contributed by atoms with E-state index in [1.165, 1.54) is 24.0 Å². The summed E-state index contributed by atoms with van der Waals surface area (Å²) in [6, 6.07) is 4.59. The van der Waals surface area contributed by atoms with E-state index in [1.807, 2.05) is 19.4 Å². The monoisotopic (exact) mass is 304 g/mol. The van der Waals surface area contributed by atoms with Gasteiger partial charge in [-0.25, -0.2) is 0 Å². The minimum absolute atomic E-state index is 0.410. The Labute approximate surface area is 130 Å². The highest BCUT2D eigenvalue weighted by Gasteiger charge is 2.30. The van der Waals surface area contributed by atoms with Crippen LogP contribution in [0.1, 0.15) is 35.7 Å². The van der Waals surface area contributed by atoms with Gasteiger partial charge in [0.1, 0.15) is 5.15 Å². The first-order valence-corrected chi connectivity index (χ1v) is 7.86. The molecule has 1 fully saturated rings. The van der Waals surface area contributed by atoms with Gasteiger partial charge in [-0.3, -0.25) is 14.6 Å². The molecular weight excluding hydrogens is 284 g/mol. The van der Waals surface area contributed by atoms with Crippen molar-refractivity contribution in [1.29, 1.82) is 0 Å². The fraction of sp³-hybridized carbons (Fsp3) is 0.500. The SMILES string of the molecule is Cc1nn(C)c(Cl)c1[C@@H]1CCCN1CCc1ccncc1. The van der Waals surface area contributed by atoms with Crippen LogP contribution in [0.5, 0.6) is 0 Å². The van der Waals surface area contributed by atoms with Gasteiger partial charge in [-0.2, -0.15) is 5.10 Å². The molecular formula is C16H21ClN4. The molecule has 1 aliphatic heterocycles. The van der Waals surface area contributed by atoms with Gasteiger partial charge in [0, 0.05) is 37.6 Å². The summed E-state index contributed by atoms with van der Waals surface area (Å²) in [7, 11) is 1.91. The van der Waals surface area contributed by atoms with Crippen molar-refractivity contribution < 1.29 is 0 Å². The first-order valence-electron chi connectivity index (χ1n) is 7.48. The molecule has 112 valence electrons. The molecule has 2 aromatic heterocycles.